The summed E-state index contributed by atoms with van der Waals surface area (Å²) < 4.78 is 1.98. The normalized spacial score (nSPS) is 18.8. The first kappa shape index (κ1) is 17.5. The van der Waals surface area contributed by atoms with Crippen LogP contribution in [0.5, 0.6) is 0 Å². The minimum atomic E-state index is 0.0706. The molecule has 0 amide bonds. The highest BCUT2D eigenvalue weighted by molar-refractivity contribution is 5.23. The van der Waals surface area contributed by atoms with Crippen LogP contribution in [0.2, 0.25) is 0 Å². The highest BCUT2D eigenvalue weighted by atomic mass is 16.1. The molecule has 1 aliphatic carbocycles. The Morgan fingerprint density at radius 1 is 1.27 bits per heavy atom. The Bertz CT molecular complexity index is 831. The van der Waals surface area contributed by atoms with E-state index in [0.717, 1.165) is 61.7 Å². The Kier molecular flexibility index (Phi) is 4.94. The molecular weight excluding hydrogens is 326 g/mol. The number of aromatic nitrogens is 4. The van der Waals surface area contributed by atoms with Crippen molar-refractivity contribution in [2.75, 3.05) is 6.54 Å². The third kappa shape index (κ3) is 3.47. The zero-order valence-corrected chi connectivity index (χ0v) is 15.9. The van der Waals surface area contributed by atoms with Gasteiger partial charge in [0.2, 0.25) is 0 Å². The Balaban J connectivity index is 1.51. The van der Waals surface area contributed by atoms with Gasteiger partial charge in [-0.3, -0.25) is 14.4 Å². The average molecular weight is 355 g/mol. The first-order chi connectivity index (χ1) is 12.6. The van der Waals surface area contributed by atoms with E-state index < -0.39 is 0 Å². The molecule has 1 N–H and O–H groups in total. The molecule has 0 saturated heterocycles. The molecule has 0 bridgehead atoms. The van der Waals surface area contributed by atoms with Gasteiger partial charge in [-0.05, 0) is 26.7 Å². The molecule has 6 heteroatoms. The molecule has 2 aromatic heterocycles. The summed E-state index contributed by atoms with van der Waals surface area (Å²) in [6.45, 7) is 7.52. The molecule has 0 radical (unpaired) electrons. The molecule has 4 rings (SSSR count). The molecule has 2 aromatic rings. The molecule has 0 spiro atoms. The summed E-state index contributed by atoms with van der Waals surface area (Å²) in [6, 6.07) is 0. The van der Waals surface area contributed by atoms with Gasteiger partial charge in [0.25, 0.3) is 5.56 Å². The average Bonchev–Trinajstić information content (AvgIpc) is 3.02. The lowest BCUT2D eigenvalue weighted by molar-refractivity contribution is 0.240. The molecule has 0 unspecified atom stereocenters. The number of hydrogen-bond acceptors (Lipinski definition) is 4. The molecule has 6 nitrogen and oxygen atoms in total. The van der Waals surface area contributed by atoms with Crippen LogP contribution in [0.25, 0.3) is 0 Å². The van der Waals surface area contributed by atoms with Gasteiger partial charge in [0, 0.05) is 50.3 Å². The Morgan fingerprint density at radius 3 is 2.81 bits per heavy atom. The first-order valence-electron chi connectivity index (χ1n) is 10.0. The maximum Gasteiger partial charge on any atom is 0.255 e. The van der Waals surface area contributed by atoms with Crippen LogP contribution in [0.3, 0.4) is 0 Å². The van der Waals surface area contributed by atoms with Crippen molar-refractivity contribution >= 4 is 0 Å². The number of fused-ring (bicyclic) bond motifs is 1. The number of nitrogens with one attached hydrogen (secondary N) is 1. The lowest BCUT2D eigenvalue weighted by Gasteiger charge is -2.28. The molecule has 26 heavy (non-hydrogen) atoms. The molecule has 1 fully saturated rings. The zero-order chi connectivity index (χ0) is 18.1. The smallest absolute Gasteiger partial charge is 0.255 e. The van der Waals surface area contributed by atoms with E-state index >= 15 is 0 Å². The van der Waals surface area contributed by atoms with Gasteiger partial charge in [0.05, 0.1) is 17.0 Å². The summed E-state index contributed by atoms with van der Waals surface area (Å²) in [7, 11) is 0. The number of hydrogen-bond donors (Lipinski definition) is 1. The van der Waals surface area contributed by atoms with Crippen molar-refractivity contribution in [1.29, 1.82) is 0 Å². The number of nitrogens with zero attached hydrogens (tertiary/aromatic N) is 4. The maximum atomic E-state index is 12.7. The second kappa shape index (κ2) is 7.35. The Morgan fingerprint density at radius 2 is 2.08 bits per heavy atom. The van der Waals surface area contributed by atoms with Gasteiger partial charge in [0.1, 0.15) is 5.82 Å². The second-order valence-corrected chi connectivity index (χ2v) is 7.77. The van der Waals surface area contributed by atoms with Gasteiger partial charge in [-0.1, -0.05) is 19.3 Å². The summed E-state index contributed by atoms with van der Waals surface area (Å²) in [5.41, 5.74) is 4.28. The van der Waals surface area contributed by atoms with Gasteiger partial charge < -0.3 is 4.98 Å². The van der Waals surface area contributed by atoms with E-state index in [9.17, 15) is 4.79 Å². The summed E-state index contributed by atoms with van der Waals surface area (Å²) >= 11 is 0. The Hall–Kier alpha value is -1.95. The highest BCUT2D eigenvalue weighted by Gasteiger charge is 2.25. The topological polar surface area (TPSA) is 66.8 Å². The fraction of sp³-hybridized carbons (Fsp3) is 0.650. The fourth-order valence-electron chi connectivity index (χ4n) is 4.32. The van der Waals surface area contributed by atoms with Crippen LogP contribution in [-0.4, -0.2) is 31.2 Å². The largest absolute Gasteiger partial charge is 0.310 e. The summed E-state index contributed by atoms with van der Waals surface area (Å²) in [4.78, 5) is 23.0. The predicted molar refractivity (Wildman–Crippen MR) is 101 cm³/mol. The van der Waals surface area contributed by atoms with Gasteiger partial charge in [-0.25, -0.2) is 4.98 Å². The molecule has 1 aliphatic heterocycles. The van der Waals surface area contributed by atoms with Gasteiger partial charge in [-0.15, -0.1) is 0 Å². The van der Waals surface area contributed by atoms with Crippen molar-refractivity contribution in [3.8, 4) is 0 Å². The van der Waals surface area contributed by atoms with Crippen LogP contribution in [0, 0.1) is 6.92 Å². The minimum Gasteiger partial charge on any atom is -0.310 e. The van der Waals surface area contributed by atoms with Crippen molar-refractivity contribution in [2.24, 2.45) is 0 Å². The minimum absolute atomic E-state index is 0.0706. The van der Waals surface area contributed by atoms with Crippen LogP contribution in [0.4, 0.5) is 0 Å². The lowest BCUT2D eigenvalue weighted by Crippen LogP contribution is -2.36. The van der Waals surface area contributed by atoms with E-state index in [0.29, 0.717) is 12.5 Å². The van der Waals surface area contributed by atoms with E-state index in [2.05, 4.69) is 35.0 Å². The molecule has 2 aliphatic rings. The highest BCUT2D eigenvalue weighted by Crippen LogP contribution is 2.30. The second-order valence-electron chi connectivity index (χ2n) is 7.77. The van der Waals surface area contributed by atoms with E-state index in [-0.39, 0.29) is 5.56 Å². The molecular formula is C20H29N5O. The van der Waals surface area contributed by atoms with Crippen molar-refractivity contribution < 1.29 is 0 Å². The van der Waals surface area contributed by atoms with Gasteiger partial charge in [0.15, 0.2) is 0 Å². The lowest BCUT2D eigenvalue weighted by atomic mass is 9.88. The maximum absolute atomic E-state index is 12.7. The van der Waals surface area contributed by atoms with E-state index in [1.54, 1.807) is 0 Å². The van der Waals surface area contributed by atoms with E-state index in [4.69, 9.17) is 4.98 Å². The number of rotatable bonds is 4. The Labute approximate surface area is 154 Å². The molecule has 1 saturated carbocycles. The van der Waals surface area contributed by atoms with Crippen LogP contribution in [-0.2, 0) is 26.1 Å². The first-order valence-corrected chi connectivity index (χ1v) is 10.0. The van der Waals surface area contributed by atoms with E-state index in [1.165, 1.54) is 24.8 Å². The van der Waals surface area contributed by atoms with Crippen molar-refractivity contribution in [3.05, 3.63) is 44.9 Å². The number of H-pyrrole nitrogens is 1. The fourth-order valence-corrected chi connectivity index (χ4v) is 4.32. The van der Waals surface area contributed by atoms with Crippen LogP contribution < -0.4 is 5.56 Å². The third-order valence-electron chi connectivity index (χ3n) is 5.92. The summed E-state index contributed by atoms with van der Waals surface area (Å²) in [5.74, 6) is 1.38. The van der Waals surface area contributed by atoms with Crippen molar-refractivity contribution in [3.63, 3.8) is 0 Å². The standard InChI is InChI=1S/C20H29N5O/c1-3-25-12-16(14(2)23-25)11-24-10-9-18-17(13-24)20(26)22-19(21-18)15-7-5-4-6-8-15/h12,15H,3-11,13H2,1-2H3,(H,21,22,26). The summed E-state index contributed by atoms with van der Waals surface area (Å²) in [6.07, 6.45) is 9.13. The van der Waals surface area contributed by atoms with Gasteiger partial charge >= 0.3 is 0 Å². The van der Waals surface area contributed by atoms with E-state index in [1.807, 2.05) is 4.68 Å². The monoisotopic (exact) mass is 355 g/mol. The number of aromatic amines is 1. The van der Waals surface area contributed by atoms with Crippen molar-refractivity contribution in [1.82, 2.24) is 24.6 Å². The number of aryl methyl sites for hydroxylation is 2. The van der Waals surface area contributed by atoms with Crippen LogP contribution in [0.1, 0.15) is 73.3 Å². The van der Waals surface area contributed by atoms with Crippen molar-refractivity contribution in [2.45, 2.75) is 77.9 Å². The molecule has 3 heterocycles. The molecule has 0 atom stereocenters. The SMILES string of the molecule is CCn1cc(CN2CCc3nc(C4CCCCC4)[nH]c(=O)c3C2)c(C)n1. The quantitative estimate of drug-likeness (QED) is 0.916. The summed E-state index contributed by atoms with van der Waals surface area (Å²) in [5, 5.41) is 4.53. The predicted octanol–water partition coefficient (Wildman–Crippen LogP) is 2.90. The van der Waals surface area contributed by atoms with Crippen LogP contribution in [0.15, 0.2) is 11.0 Å². The zero-order valence-electron chi connectivity index (χ0n) is 15.9. The molecule has 0 aromatic carbocycles. The third-order valence-corrected chi connectivity index (χ3v) is 5.92. The van der Waals surface area contributed by atoms with Crippen LogP contribution >= 0.6 is 0 Å². The molecule has 140 valence electrons. The van der Waals surface area contributed by atoms with Gasteiger partial charge in [-0.2, -0.15) is 5.10 Å².